The number of para-hydroxylation sites is 2. The van der Waals surface area contributed by atoms with Crippen LogP contribution in [0, 0.1) is 0 Å². The molecule has 2 heterocycles. The number of methoxy groups -OCH3 is 1. The van der Waals surface area contributed by atoms with Crippen molar-refractivity contribution in [2.24, 2.45) is 7.05 Å². The number of hydrogen-bond donors (Lipinski definition) is 1. The highest BCUT2D eigenvalue weighted by molar-refractivity contribution is 6.13. The summed E-state index contributed by atoms with van der Waals surface area (Å²) in [5.41, 5.74) is -0.0597. The van der Waals surface area contributed by atoms with Crippen LogP contribution >= 0.6 is 0 Å². The quantitative estimate of drug-likeness (QED) is 0.503. The molecule has 0 bridgehead atoms. The van der Waals surface area contributed by atoms with Crippen LogP contribution in [-0.2, 0) is 13.2 Å². The molecule has 1 N–H and O–H groups in total. The Morgan fingerprint density at radius 2 is 1.81 bits per heavy atom. The molecule has 0 aliphatic heterocycles. The van der Waals surface area contributed by atoms with Crippen molar-refractivity contribution in [3.8, 4) is 17.0 Å². The van der Waals surface area contributed by atoms with Gasteiger partial charge >= 0.3 is 6.18 Å². The molecule has 0 spiro atoms. The summed E-state index contributed by atoms with van der Waals surface area (Å²) in [6, 6.07) is 13.3. The lowest BCUT2D eigenvalue weighted by Gasteiger charge is -2.14. The normalized spacial score (nSPS) is 11.5. The van der Waals surface area contributed by atoms with Gasteiger partial charge in [-0.25, -0.2) is 4.98 Å². The zero-order chi connectivity index (χ0) is 22.2. The number of alkyl halides is 3. The van der Waals surface area contributed by atoms with E-state index in [1.54, 1.807) is 31.3 Å². The minimum absolute atomic E-state index is 0.0224. The predicted octanol–water partition coefficient (Wildman–Crippen LogP) is 4.92. The fourth-order valence-electron chi connectivity index (χ4n) is 3.33. The number of anilines is 1. The lowest BCUT2D eigenvalue weighted by Crippen LogP contribution is -2.14. The van der Waals surface area contributed by atoms with Crippen molar-refractivity contribution in [2.75, 3.05) is 12.4 Å². The SMILES string of the molecule is COc1ccccc1NC(=O)c1cc(-c2ccccc2C(F)(F)F)nc2c1cnn2C. The minimum Gasteiger partial charge on any atom is -0.495 e. The maximum atomic E-state index is 13.6. The summed E-state index contributed by atoms with van der Waals surface area (Å²) in [5.74, 6) is -0.0642. The van der Waals surface area contributed by atoms with E-state index in [1.165, 1.54) is 42.3 Å². The van der Waals surface area contributed by atoms with Gasteiger partial charge in [0.15, 0.2) is 5.65 Å². The molecule has 31 heavy (non-hydrogen) atoms. The Kier molecular flexibility index (Phi) is 5.10. The summed E-state index contributed by atoms with van der Waals surface area (Å²) in [5, 5.41) is 7.28. The first-order valence-corrected chi connectivity index (χ1v) is 9.23. The zero-order valence-electron chi connectivity index (χ0n) is 16.6. The molecule has 0 saturated heterocycles. The van der Waals surface area contributed by atoms with E-state index in [4.69, 9.17) is 4.74 Å². The Morgan fingerprint density at radius 1 is 1.10 bits per heavy atom. The number of halogens is 3. The number of benzene rings is 2. The number of amides is 1. The smallest absolute Gasteiger partial charge is 0.417 e. The minimum atomic E-state index is -4.57. The number of nitrogens with zero attached hydrogens (tertiary/aromatic N) is 3. The third kappa shape index (κ3) is 3.81. The molecular weight excluding hydrogens is 409 g/mol. The van der Waals surface area contributed by atoms with Crippen molar-refractivity contribution in [2.45, 2.75) is 6.18 Å². The topological polar surface area (TPSA) is 69.0 Å². The van der Waals surface area contributed by atoms with Crippen molar-refractivity contribution >= 4 is 22.6 Å². The van der Waals surface area contributed by atoms with Gasteiger partial charge in [0.1, 0.15) is 5.75 Å². The summed E-state index contributed by atoms with van der Waals surface area (Å²) in [4.78, 5) is 17.5. The first-order valence-electron chi connectivity index (χ1n) is 9.23. The van der Waals surface area contributed by atoms with E-state index < -0.39 is 17.6 Å². The van der Waals surface area contributed by atoms with Gasteiger partial charge in [-0.3, -0.25) is 9.48 Å². The van der Waals surface area contributed by atoms with Gasteiger partial charge in [0, 0.05) is 12.6 Å². The molecule has 0 radical (unpaired) electrons. The summed E-state index contributed by atoms with van der Waals surface area (Å²) in [6.45, 7) is 0. The molecule has 0 fully saturated rings. The van der Waals surface area contributed by atoms with Crippen LogP contribution in [0.2, 0.25) is 0 Å². The van der Waals surface area contributed by atoms with Crippen molar-refractivity contribution in [3.63, 3.8) is 0 Å². The van der Waals surface area contributed by atoms with Crippen molar-refractivity contribution in [1.82, 2.24) is 14.8 Å². The standard InChI is InChI=1S/C22H17F3N4O2/c1-29-20-15(12-26-29)14(21(30)28-17-9-5-6-10-19(17)31-2)11-18(27-20)13-7-3-4-8-16(13)22(23,24)25/h3-12H,1-2H3,(H,28,30). The number of nitrogens with one attached hydrogen (secondary N) is 1. The van der Waals surface area contributed by atoms with E-state index in [-0.39, 0.29) is 16.8 Å². The van der Waals surface area contributed by atoms with E-state index in [2.05, 4.69) is 15.4 Å². The summed E-state index contributed by atoms with van der Waals surface area (Å²) in [6.07, 6.45) is -3.11. The summed E-state index contributed by atoms with van der Waals surface area (Å²) >= 11 is 0. The largest absolute Gasteiger partial charge is 0.495 e. The third-order valence-electron chi connectivity index (χ3n) is 4.81. The summed E-state index contributed by atoms with van der Waals surface area (Å²) in [7, 11) is 3.08. The molecule has 2 aromatic heterocycles. The van der Waals surface area contributed by atoms with Crippen LogP contribution in [0.4, 0.5) is 18.9 Å². The molecule has 0 aliphatic carbocycles. The Balaban J connectivity index is 1.87. The average molecular weight is 426 g/mol. The molecule has 0 unspecified atom stereocenters. The molecule has 0 saturated carbocycles. The van der Waals surface area contributed by atoms with Crippen LogP contribution in [0.3, 0.4) is 0 Å². The number of rotatable bonds is 4. The fraction of sp³-hybridized carbons (Fsp3) is 0.136. The van der Waals surface area contributed by atoms with Crippen LogP contribution in [0.25, 0.3) is 22.3 Å². The van der Waals surface area contributed by atoms with E-state index in [0.717, 1.165) is 6.07 Å². The number of fused-ring (bicyclic) bond motifs is 1. The van der Waals surface area contributed by atoms with E-state index >= 15 is 0 Å². The lowest BCUT2D eigenvalue weighted by molar-refractivity contribution is -0.137. The number of aromatic nitrogens is 3. The number of pyridine rings is 1. The fourth-order valence-corrected chi connectivity index (χ4v) is 3.33. The van der Waals surface area contributed by atoms with Gasteiger partial charge in [0.2, 0.25) is 0 Å². The Hall–Kier alpha value is -3.88. The van der Waals surface area contributed by atoms with Crippen LogP contribution in [0.1, 0.15) is 15.9 Å². The van der Waals surface area contributed by atoms with Crippen LogP contribution in [0.5, 0.6) is 5.75 Å². The van der Waals surface area contributed by atoms with E-state index in [0.29, 0.717) is 22.5 Å². The van der Waals surface area contributed by atoms with Gasteiger partial charge in [-0.05, 0) is 24.3 Å². The van der Waals surface area contributed by atoms with Gasteiger partial charge in [-0.15, -0.1) is 0 Å². The monoisotopic (exact) mass is 426 g/mol. The maximum Gasteiger partial charge on any atom is 0.417 e. The van der Waals surface area contributed by atoms with Crippen LogP contribution in [0.15, 0.2) is 60.8 Å². The number of aryl methyl sites for hydroxylation is 1. The number of ether oxygens (including phenoxy) is 1. The first kappa shape index (κ1) is 20.4. The number of hydrogen-bond acceptors (Lipinski definition) is 4. The molecule has 0 aliphatic rings. The second-order valence-electron chi connectivity index (χ2n) is 6.76. The Labute approximate surface area is 175 Å². The second kappa shape index (κ2) is 7.75. The molecule has 9 heteroatoms. The molecule has 158 valence electrons. The van der Waals surface area contributed by atoms with Crippen molar-refractivity contribution in [3.05, 3.63) is 71.9 Å². The molecule has 4 rings (SSSR count). The third-order valence-corrected chi connectivity index (χ3v) is 4.81. The van der Waals surface area contributed by atoms with Gasteiger partial charge in [-0.2, -0.15) is 18.3 Å². The second-order valence-corrected chi connectivity index (χ2v) is 6.76. The van der Waals surface area contributed by atoms with Gasteiger partial charge in [0.05, 0.1) is 41.2 Å². The van der Waals surface area contributed by atoms with Crippen LogP contribution in [-0.4, -0.2) is 27.8 Å². The molecular formula is C22H17F3N4O2. The average Bonchev–Trinajstić information content (AvgIpc) is 3.13. The van der Waals surface area contributed by atoms with Gasteiger partial charge in [0.25, 0.3) is 5.91 Å². The van der Waals surface area contributed by atoms with Crippen molar-refractivity contribution < 1.29 is 22.7 Å². The Morgan fingerprint density at radius 3 is 2.55 bits per heavy atom. The molecule has 1 amide bonds. The highest BCUT2D eigenvalue weighted by atomic mass is 19.4. The van der Waals surface area contributed by atoms with Gasteiger partial charge < -0.3 is 10.1 Å². The van der Waals surface area contributed by atoms with E-state index in [1.807, 2.05) is 0 Å². The van der Waals surface area contributed by atoms with Crippen LogP contribution < -0.4 is 10.1 Å². The molecule has 6 nitrogen and oxygen atoms in total. The predicted molar refractivity (Wildman–Crippen MR) is 110 cm³/mol. The maximum absolute atomic E-state index is 13.6. The molecule has 4 aromatic rings. The van der Waals surface area contributed by atoms with Gasteiger partial charge in [-0.1, -0.05) is 30.3 Å². The lowest BCUT2D eigenvalue weighted by atomic mass is 10.0. The zero-order valence-corrected chi connectivity index (χ0v) is 16.6. The molecule has 0 atom stereocenters. The molecule has 2 aromatic carbocycles. The number of carbonyl (C=O) groups excluding carboxylic acids is 1. The highest BCUT2D eigenvalue weighted by Crippen LogP contribution is 2.37. The van der Waals surface area contributed by atoms with E-state index in [9.17, 15) is 18.0 Å². The first-order chi connectivity index (χ1) is 14.8. The highest BCUT2D eigenvalue weighted by Gasteiger charge is 2.34. The van der Waals surface area contributed by atoms with Crippen molar-refractivity contribution in [1.29, 1.82) is 0 Å². The Bertz CT molecular complexity index is 1280. The summed E-state index contributed by atoms with van der Waals surface area (Å²) < 4.78 is 47.3. The number of carbonyl (C=O) groups is 1.